The van der Waals surface area contributed by atoms with Crippen molar-refractivity contribution in [2.75, 3.05) is 24.7 Å². The molecular formula is C20H20N2O5S. The van der Waals surface area contributed by atoms with E-state index >= 15 is 0 Å². The molecule has 3 aliphatic rings. The minimum Gasteiger partial charge on any atom is -0.338 e. The van der Waals surface area contributed by atoms with Crippen LogP contribution in [-0.2, 0) is 29.9 Å². The van der Waals surface area contributed by atoms with Gasteiger partial charge in [-0.1, -0.05) is 0 Å². The molecule has 1 saturated carbocycles. The maximum absolute atomic E-state index is 13.2. The number of amides is 1. The van der Waals surface area contributed by atoms with Gasteiger partial charge in [-0.25, -0.2) is 8.42 Å². The van der Waals surface area contributed by atoms with Gasteiger partial charge < -0.3 is 14.4 Å². The fraction of sp³-hybridized carbons (Fsp3) is 0.400. The van der Waals surface area contributed by atoms with E-state index in [0.29, 0.717) is 43.3 Å². The number of aromatic nitrogens is 1. The van der Waals surface area contributed by atoms with Crippen LogP contribution in [0, 0.1) is 5.92 Å². The van der Waals surface area contributed by atoms with Gasteiger partial charge in [0.2, 0.25) is 9.84 Å². The zero-order chi connectivity index (χ0) is 19.4. The lowest BCUT2D eigenvalue weighted by molar-refractivity contribution is -0.256. The van der Waals surface area contributed by atoms with Gasteiger partial charge in [0, 0.05) is 24.5 Å². The van der Waals surface area contributed by atoms with Gasteiger partial charge in [-0.15, -0.1) is 0 Å². The van der Waals surface area contributed by atoms with E-state index in [-0.39, 0.29) is 15.7 Å². The molecule has 7 nitrogen and oxygen atoms in total. The summed E-state index contributed by atoms with van der Waals surface area (Å²) in [4.78, 5) is 19.0. The Balaban J connectivity index is 1.63. The number of hydrogen-bond acceptors (Lipinski definition) is 6. The molecule has 1 aromatic heterocycles. The molecule has 0 bridgehead atoms. The number of benzene rings is 1. The number of ether oxygens (including phenoxy) is 2. The summed E-state index contributed by atoms with van der Waals surface area (Å²) in [5, 5.41) is 0. The van der Waals surface area contributed by atoms with E-state index < -0.39 is 15.6 Å². The van der Waals surface area contributed by atoms with Crippen LogP contribution in [0.3, 0.4) is 0 Å². The highest BCUT2D eigenvalue weighted by atomic mass is 32.2. The van der Waals surface area contributed by atoms with Crippen molar-refractivity contribution < 1.29 is 22.7 Å². The van der Waals surface area contributed by atoms with E-state index in [0.717, 1.165) is 12.8 Å². The molecule has 2 aliphatic heterocycles. The molecule has 146 valence electrons. The molecule has 2 fully saturated rings. The molecule has 1 aliphatic carbocycles. The predicted octanol–water partition coefficient (Wildman–Crippen LogP) is 2.26. The number of rotatable bonds is 4. The Morgan fingerprint density at radius 2 is 1.93 bits per heavy atom. The fourth-order valence-corrected chi connectivity index (χ4v) is 5.03. The molecule has 2 aromatic rings. The Kier molecular flexibility index (Phi) is 4.04. The van der Waals surface area contributed by atoms with Gasteiger partial charge in [0.05, 0.1) is 28.7 Å². The van der Waals surface area contributed by atoms with Gasteiger partial charge in [0.1, 0.15) is 0 Å². The minimum atomic E-state index is -3.76. The second-order valence-corrected chi connectivity index (χ2v) is 9.35. The molecule has 0 atom stereocenters. The Morgan fingerprint density at radius 1 is 1.14 bits per heavy atom. The van der Waals surface area contributed by atoms with Gasteiger partial charge in [-0.05, 0) is 55.5 Å². The number of fused-ring (bicyclic) bond motifs is 2. The molecule has 1 amide bonds. The monoisotopic (exact) mass is 400 g/mol. The number of carbonyl (C=O) groups is 1. The van der Waals surface area contributed by atoms with Crippen molar-refractivity contribution in [3.05, 3.63) is 48.3 Å². The summed E-state index contributed by atoms with van der Waals surface area (Å²) in [6.07, 6.45) is 5.73. The maximum Gasteiger partial charge on any atom is 0.292 e. The SMILES string of the molecule is O=C1N(CC2CC2)c2ccc(S(=O)(=O)c3cccnc3)cc2C12OCCCO2. The van der Waals surface area contributed by atoms with E-state index in [4.69, 9.17) is 9.47 Å². The summed E-state index contributed by atoms with van der Waals surface area (Å²) in [5.74, 6) is -1.32. The van der Waals surface area contributed by atoms with Crippen molar-refractivity contribution in [1.29, 1.82) is 0 Å². The van der Waals surface area contributed by atoms with E-state index in [2.05, 4.69) is 4.98 Å². The molecule has 8 heteroatoms. The second-order valence-electron chi connectivity index (χ2n) is 7.40. The number of carbonyl (C=O) groups excluding carboxylic acids is 1. The average Bonchev–Trinajstić information content (AvgIpc) is 3.53. The second kappa shape index (κ2) is 6.37. The highest BCUT2D eigenvalue weighted by molar-refractivity contribution is 7.91. The van der Waals surface area contributed by atoms with Gasteiger partial charge in [0.25, 0.3) is 11.7 Å². The first kappa shape index (κ1) is 17.8. The highest BCUT2D eigenvalue weighted by Crippen LogP contribution is 2.47. The normalized spacial score (nSPS) is 21.1. The first-order valence-electron chi connectivity index (χ1n) is 9.42. The van der Waals surface area contributed by atoms with Gasteiger partial charge in [0.15, 0.2) is 0 Å². The van der Waals surface area contributed by atoms with Crippen LogP contribution in [0.15, 0.2) is 52.5 Å². The third-order valence-corrected chi connectivity index (χ3v) is 7.17. The fourth-order valence-electron chi connectivity index (χ4n) is 3.78. The van der Waals surface area contributed by atoms with Crippen LogP contribution in [0.25, 0.3) is 0 Å². The lowest BCUT2D eigenvalue weighted by atomic mass is 10.1. The maximum atomic E-state index is 13.2. The molecular weight excluding hydrogens is 380 g/mol. The van der Waals surface area contributed by atoms with Crippen molar-refractivity contribution in [3.8, 4) is 0 Å². The van der Waals surface area contributed by atoms with Crippen molar-refractivity contribution in [2.45, 2.75) is 34.8 Å². The summed E-state index contributed by atoms with van der Waals surface area (Å²) in [6, 6.07) is 7.83. The van der Waals surface area contributed by atoms with E-state index in [1.807, 2.05) is 0 Å². The molecule has 0 N–H and O–H groups in total. The van der Waals surface area contributed by atoms with Crippen LogP contribution >= 0.6 is 0 Å². The lowest BCUT2D eigenvalue weighted by Crippen LogP contribution is -2.47. The number of pyridine rings is 1. The van der Waals surface area contributed by atoms with E-state index in [1.165, 1.54) is 30.6 Å². The topological polar surface area (TPSA) is 85.8 Å². The van der Waals surface area contributed by atoms with Gasteiger partial charge in [-0.2, -0.15) is 0 Å². The van der Waals surface area contributed by atoms with Crippen LogP contribution in [0.5, 0.6) is 0 Å². The summed E-state index contributed by atoms with van der Waals surface area (Å²) in [5.41, 5.74) is 1.15. The van der Waals surface area contributed by atoms with Crippen LogP contribution < -0.4 is 4.90 Å². The summed E-state index contributed by atoms with van der Waals surface area (Å²) < 4.78 is 37.8. The third-order valence-electron chi connectivity index (χ3n) is 5.43. The standard InChI is InChI=1S/C20H20N2O5S/c23-19-20(26-9-2-10-27-20)17-11-15(28(24,25)16-3-1-8-21-12-16)6-7-18(17)22(19)13-14-4-5-14/h1,3,6-8,11-12,14H,2,4-5,9-10,13H2. The molecule has 1 spiro atoms. The van der Waals surface area contributed by atoms with Crippen LogP contribution in [-0.4, -0.2) is 39.1 Å². The smallest absolute Gasteiger partial charge is 0.292 e. The average molecular weight is 400 g/mol. The Labute approximate surface area is 163 Å². The van der Waals surface area contributed by atoms with Crippen molar-refractivity contribution >= 4 is 21.4 Å². The largest absolute Gasteiger partial charge is 0.338 e. The Hall–Kier alpha value is -2.29. The summed E-state index contributed by atoms with van der Waals surface area (Å²) in [6.45, 7) is 1.39. The molecule has 28 heavy (non-hydrogen) atoms. The summed E-state index contributed by atoms with van der Waals surface area (Å²) >= 11 is 0. The van der Waals surface area contributed by atoms with Crippen molar-refractivity contribution in [1.82, 2.24) is 4.98 Å². The van der Waals surface area contributed by atoms with E-state index in [1.54, 1.807) is 17.0 Å². The molecule has 1 saturated heterocycles. The zero-order valence-electron chi connectivity index (χ0n) is 15.2. The quantitative estimate of drug-likeness (QED) is 0.783. The molecule has 0 unspecified atom stereocenters. The molecule has 3 heterocycles. The van der Waals surface area contributed by atoms with Crippen LogP contribution in [0.2, 0.25) is 0 Å². The Bertz CT molecular complexity index is 1030. The Morgan fingerprint density at radius 3 is 2.61 bits per heavy atom. The first-order valence-corrected chi connectivity index (χ1v) is 10.9. The summed E-state index contributed by atoms with van der Waals surface area (Å²) in [7, 11) is -3.76. The number of nitrogens with zero attached hydrogens (tertiary/aromatic N) is 2. The van der Waals surface area contributed by atoms with Crippen LogP contribution in [0.1, 0.15) is 24.8 Å². The van der Waals surface area contributed by atoms with Crippen molar-refractivity contribution in [2.24, 2.45) is 5.92 Å². The van der Waals surface area contributed by atoms with E-state index in [9.17, 15) is 13.2 Å². The number of sulfone groups is 1. The molecule has 0 radical (unpaired) electrons. The zero-order valence-corrected chi connectivity index (χ0v) is 16.0. The minimum absolute atomic E-state index is 0.0949. The first-order chi connectivity index (χ1) is 13.5. The third kappa shape index (κ3) is 2.67. The number of anilines is 1. The number of hydrogen-bond donors (Lipinski definition) is 0. The lowest BCUT2D eigenvalue weighted by Gasteiger charge is -2.32. The van der Waals surface area contributed by atoms with Gasteiger partial charge >= 0.3 is 0 Å². The van der Waals surface area contributed by atoms with Crippen molar-refractivity contribution in [3.63, 3.8) is 0 Å². The predicted molar refractivity (Wildman–Crippen MR) is 99.4 cm³/mol. The molecule has 1 aromatic carbocycles. The molecule has 5 rings (SSSR count). The van der Waals surface area contributed by atoms with Crippen LogP contribution in [0.4, 0.5) is 5.69 Å². The van der Waals surface area contributed by atoms with Gasteiger partial charge in [-0.3, -0.25) is 9.78 Å². The highest BCUT2D eigenvalue weighted by Gasteiger charge is 2.55.